The standard InChI is InChI=1S/C20H39N/c1-5-16(3)17-12-14-19(15-13-17)21-20(4,6-2)18-10-8-7-9-11-18/h16-19,21H,5-15H2,1-4H3. The molecule has 0 amide bonds. The molecule has 0 heterocycles. The lowest BCUT2D eigenvalue weighted by atomic mass is 9.72. The van der Waals surface area contributed by atoms with Crippen LogP contribution in [0.5, 0.6) is 0 Å². The van der Waals surface area contributed by atoms with Gasteiger partial charge in [-0.15, -0.1) is 0 Å². The lowest BCUT2D eigenvalue weighted by molar-refractivity contribution is 0.128. The fourth-order valence-corrected chi connectivity index (χ4v) is 4.88. The highest BCUT2D eigenvalue weighted by Crippen LogP contribution is 2.37. The zero-order valence-electron chi connectivity index (χ0n) is 15.1. The molecule has 0 saturated heterocycles. The Hall–Kier alpha value is -0.0400. The molecule has 1 heteroatoms. The van der Waals surface area contributed by atoms with Gasteiger partial charge in [-0.05, 0) is 69.6 Å². The van der Waals surface area contributed by atoms with Crippen molar-refractivity contribution in [1.29, 1.82) is 0 Å². The molecule has 0 aromatic rings. The third-order valence-electron chi connectivity index (χ3n) is 7.00. The van der Waals surface area contributed by atoms with Crippen molar-refractivity contribution in [3.05, 3.63) is 0 Å². The van der Waals surface area contributed by atoms with Crippen molar-refractivity contribution in [3.63, 3.8) is 0 Å². The van der Waals surface area contributed by atoms with Gasteiger partial charge in [-0.25, -0.2) is 0 Å². The summed E-state index contributed by atoms with van der Waals surface area (Å²) in [7, 11) is 0. The van der Waals surface area contributed by atoms with Gasteiger partial charge in [0.15, 0.2) is 0 Å². The highest BCUT2D eigenvalue weighted by atomic mass is 15.0. The van der Waals surface area contributed by atoms with Crippen LogP contribution in [-0.4, -0.2) is 11.6 Å². The van der Waals surface area contributed by atoms with E-state index in [2.05, 4.69) is 33.0 Å². The second kappa shape index (κ2) is 7.99. The van der Waals surface area contributed by atoms with Crippen LogP contribution in [0.2, 0.25) is 0 Å². The van der Waals surface area contributed by atoms with Crippen LogP contribution in [0.1, 0.15) is 98.3 Å². The lowest BCUT2D eigenvalue weighted by Gasteiger charge is -2.44. The maximum absolute atomic E-state index is 4.13. The van der Waals surface area contributed by atoms with E-state index in [1.165, 1.54) is 70.6 Å². The zero-order chi connectivity index (χ0) is 15.3. The summed E-state index contributed by atoms with van der Waals surface area (Å²) in [5.41, 5.74) is 0.397. The second-order valence-electron chi connectivity index (χ2n) is 8.25. The molecular weight excluding hydrogens is 254 g/mol. The monoisotopic (exact) mass is 293 g/mol. The molecule has 2 fully saturated rings. The van der Waals surface area contributed by atoms with E-state index >= 15 is 0 Å². The van der Waals surface area contributed by atoms with Crippen LogP contribution in [0, 0.1) is 17.8 Å². The van der Waals surface area contributed by atoms with Crippen molar-refractivity contribution in [1.82, 2.24) is 5.32 Å². The minimum atomic E-state index is 0.397. The van der Waals surface area contributed by atoms with E-state index in [9.17, 15) is 0 Å². The van der Waals surface area contributed by atoms with Gasteiger partial charge in [0.1, 0.15) is 0 Å². The van der Waals surface area contributed by atoms with Crippen LogP contribution in [0.15, 0.2) is 0 Å². The molecule has 0 aromatic carbocycles. The van der Waals surface area contributed by atoms with Gasteiger partial charge in [0.2, 0.25) is 0 Å². The van der Waals surface area contributed by atoms with E-state index in [1.54, 1.807) is 0 Å². The average molecular weight is 294 g/mol. The van der Waals surface area contributed by atoms with Gasteiger partial charge in [0.25, 0.3) is 0 Å². The number of nitrogens with one attached hydrogen (secondary N) is 1. The van der Waals surface area contributed by atoms with Gasteiger partial charge < -0.3 is 5.32 Å². The first-order chi connectivity index (χ1) is 10.1. The first kappa shape index (κ1) is 17.3. The van der Waals surface area contributed by atoms with Crippen molar-refractivity contribution in [2.24, 2.45) is 17.8 Å². The molecule has 2 saturated carbocycles. The summed E-state index contributed by atoms with van der Waals surface area (Å²) in [6, 6.07) is 0.789. The molecule has 1 N–H and O–H groups in total. The fraction of sp³-hybridized carbons (Fsp3) is 1.00. The fourth-order valence-electron chi connectivity index (χ4n) is 4.88. The van der Waals surface area contributed by atoms with Crippen molar-refractivity contribution in [3.8, 4) is 0 Å². The van der Waals surface area contributed by atoms with Crippen LogP contribution < -0.4 is 5.32 Å². The summed E-state index contributed by atoms with van der Waals surface area (Å²) in [5, 5.41) is 4.13. The number of hydrogen-bond donors (Lipinski definition) is 1. The summed E-state index contributed by atoms with van der Waals surface area (Å²) in [6.07, 6.45) is 15.7. The van der Waals surface area contributed by atoms with Crippen molar-refractivity contribution in [2.45, 2.75) is 110 Å². The quantitative estimate of drug-likeness (QED) is 0.640. The molecule has 2 aliphatic rings. The van der Waals surface area contributed by atoms with Gasteiger partial charge >= 0.3 is 0 Å². The van der Waals surface area contributed by atoms with E-state index in [-0.39, 0.29) is 0 Å². The zero-order valence-corrected chi connectivity index (χ0v) is 15.1. The number of rotatable bonds is 6. The molecule has 1 nitrogen and oxygen atoms in total. The van der Waals surface area contributed by atoms with E-state index in [1.807, 2.05) is 0 Å². The molecule has 124 valence electrons. The molecule has 21 heavy (non-hydrogen) atoms. The lowest BCUT2D eigenvalue weighted by Crippen LogP contribution is -2.54. The van der Waals surface area contributed by atoms with Gasteiger partial charge in [-0.3, -0.25) is 0 Å². The van der Waals surface area contributed by atoms with Crippen molar-refractivity contribution in [2.75, 3.05) is 0 Å². The van der Waals surface area contributed by atoms with E-state index in [0.29, 0.717) is 5.54 Å². The topological polar surface area (TPSA) is 12.0 Å². The molecular formula is C20H39N. The third kappa shape index (κ3) is 4.47. The smallest absolute Gasteiger partial charge is 0.0181 e. The van der Waals surface area contributed by atoms with E-state index in [4.69, 9.17) is 0 Å². The minimum absolute atomic E-state index is 0.397. The van der Waals surface area contributed by atoms with Crippen molar-refractivity contribution < 1.29 is 0 Å². The molecule has 0 bridgehead atoms. The molecule has 2 unspecified atom stereocenters. The molecule has 2 aliphatic carbocycles. The molecule has 0 radical (unpaired) electrons. The SMILES string of the molecule is CCC(C)C1CCC(NC(C)(CC)C2CCCCC2)CC1. The van der Waals surface area contributed by atoms with Crippen molar-refractivity contribution >= 4 is 0 Å². The summed E-state index contributed by atoms with van der Waals surface area (Å²) >= 11 is 0. The Morgan fingerprint density at radius 2 is 1.57 bits per heavy atom. The van der Waals surface area contributed by atoms with Gasteiger partial charge in [0.05, 0.1) is 0 Å². The molecule has 0 aliphatic heterocycles. The number of hydrogen-bond acceptors (Lipinski definition) is 1. The van der Waals surface area contributed by atoms with Crippen LogP contribution >= 0.6 is 0 Å². The van der Waals surface area contributed by atoms with Gasteiger partial charge in [-0.2, -0.15) is 0 Å². The Morgan fingerprint density at radius 1 is 0.952 bits per heavy atom. The molecule has 2 atom stereocenters. The van der Waals surface area contributed by atoms with Gasteiger partial charge in [0, 0.05) is 11.6 Å². The highest BCUT2D eigenvalue weighted by molar-refractivity contribution is 4.94. The normalized spacial score (nSPS) is 32.6. The summed E-state index contributed by atoms with van der Waals surface area (Å²) in [5.74, 6) is 2.85. The Kier molecular flexibility index (Phi) is 6.59. The van der Waals surface area contributed by atoms with Crippen LogP contribution in [-0.2, 0) is 0 Å². The predicted octanol–water partition coefficient (Wildman–Crippen LogP) is 5.93. The average Bonchev–Trinajstić information content (AvgIpc) is 2.55. The first-order valence-corrected chi connectivity index (χ1v) is 9.86. The summed E-state index contributed by atoms with van der Waals surface area (Å²) in [4.78, 5) is 0. The Balaban J connectivity index is 1.85. The molecule has 0 aromatic heterocycles. The third-order valence-corrected chi connectivity index (χ3v) is 7.00. The summed E-state index contributed by atoms with van der Waals surface area (Å²) in [6.45, 7) is 9.72. The maximum Gasteiger partial charge on any atom is 0.0181 e. The predicted molar refractivity (Wildman–Crippen MR) is 93.6 cm³/mol. The Bertz CT molecular complexity index is 286. The van der Waals surface area contributed by atoms with E-state index in [0.717, 1.165) is 23.8 Å². The minimum Gasteiger partial charge on any atom is -0.309 e. The second-order valence-corrected chi connectivity index (χ2v) is 8.25. The van der Waals surface area contributed by atoms with Crippen LogP contribution in [0.4, 0.5) is 0 Å². The first-order valence-electron chi connectivity index (χ1n) is 9.86. The van der Waals surface area contributed by atoms with E-state index < -0.39 is 0 Å². The van der Waals surface area contributed by atoms with Crippen LogP contribution in [0.3, 0.4) is 0 Å². The highest BCUT2D eigenvalue weighted by Gasteiger charge is 2.36. The molecule has 2 rings (SSSR count). The largest absolute Gasteiger partial charge is 0.309 e. The Morgan fingerprint density at radius 3 is 2.10 bits per heavy atom. The maximum atomic E-state index is 4.13. The molecule has 0 spiro atoms. The summed E-state index contributed by atoms with van der Waals surface area (Å²) < 4.78 is 0. The Labute approximate surface area is 133 Å². The van der Waals surface area contributed by atoms with Crippen LogP contribution in [0.25, 0.3) is 0 Å². The van der Waals surface area contributed by atoms with Gasteiger partial charge in [-0.1, -0.05) is 46.5 Å².